The Bertz CT molecular complexity index is 30.0. The summed E-state index contributed by atoms with van der Waals surface area (Å²) in [6, 6.07) is 0. The molecule has 0 aliphatic heterocycles. The summed E-state index contributed by atoms with van der Waals surface area (Å²) in [5, 5.41) is 0. The molecule has 0 N–H and O–H groups in total. The van der Waals surface area contributed by atoms with Gasteiger partial charge in [-0.05, 0) is 0 Å². The first-order valence-electron chi connectivity index (χ1n) is 1.31. The van der Waals surface area contributed by atoms with Gasteiger partial charge < -0.3 is 0 Å². The van der Waals surface area contributed by atoms with E-state index in [1.165, 1.54) is 0 Å². The Labute approximate surface area is 59.7 Å². The van der Waals surface area contributed by atoms with Crippen molar-refractivity contribution in [3.8, 4) is 0 Å². The molecule has 0 amide bonds. The summed E-state index contributed by atoms with van der Waals surface area (Å²) >= 11 is 14.4. The van der Waals surface area contributed by atoms with E-state index in [4.69, 9.17) is 34.4 Å². The summed E-state index contributed by atoms with van der Waals surface area (Å²) in [6.07, 6.45) is 0. The molecule has 0 radical (unpaired) electrons. The van der Waals surface area contributed by atoms with Crippen molar-refractivity contribution in [3.63, 3.8) is 0 Å². The van der Waals surface area contributed by atoms with Crippen LogP contribution < -0.4 is 0 Å². The van der Waals surface area contributed by atoms with Gasteiger partial charge in [-0.3, -0.25) is 0 Å². The van der Waals surface area contributed by atoms with Crippen LogP contribution >= 0.6 is 34.4 Å². The van der Waals surface area contributed by atoms with Crippen molar-refractivity contribution in [2.24, 2.45) is 0 Å². The smallest absolute Gasteiger partial charge is 0.174 e. The highest BCUT2D eigenvalue weighted by Crippen LogP contribution is 1.97. The molecule has 0 aliphatic carbocycles. The number of hydrogen-bond donors (Lipinski definition) is 0. The average Bonchev–Trinajstić information content (AvgIpc) is 1.25. The predicted octanol–water partition coefficient (Wildman–Crippen LogP) is 2.87. The Balaban J connectivity index is 0. The molecular weight excluding hydrogens is 186 g/mol. The molecule has 0 aromatic heterocycles. The SMILES string of the molecule is ClB(Cl)Cl.FC(F)F. The fourth-order valence-electron chi connectivity index (χ4n) is 0. The first kappa shape index (κ1) is 11.5. The van der Waals surface area contributed by atoms with Crippen LogP contribution in [0.4, 0.5) is 13.2 Å². The maximum atomic E-state index is 9.67. The topological polar surface area (TPSA) is 0 Å². The van der Waals surface area contributed by atoms with E-state index < -0.39 is 11.6 Å². The van der Waals surface area contributed by atoms with Crippen LogP contribution in [0.15, 0.2) is 0 Å². The minimum atomic E-state index is -3.67. The predicted molar refractivity (Wildman–Crippen MR) is 30.4 cm³/mol. The molecule has 0 aliphatic rings. The van der Waals surface area contributed by atoms with Gasteiger partial charge in [0.25, 0.3) is 0 Å². The Morgan fingerprint density at radius 2 is 1.00 bits per heavy atom. The quantitative estimate of drug-likeness (QED) is 0.511. The molecule has 0 fully saturated rings. The molecule has 0 aromatic rings. The number of hydrogen-bond acceptors (Lipinski definition) is 0. The normalized spacial score (nSPS) is 7.88. The summed E-state index contributed by atoms with van der Waals surface area (Å²) in [5.41, 5.74) is 0. The lowest BCUT2D eigenvalue weighted by molar-refractivity contribution is 0.00819. The van der Waals surface area contributed by atoms with Gasteiger partial charge in [-0.25, -0.2) is 0 Å². The molecule has 0 aromatic carbocycles. The van der Waals surface area contributed by atoms with Crippen molar-refractivity contribution in [1.82, 2.24) is 0 Å². The molecule has 0 unspecified atom stereocenters. The lowest BCUT2D eigenvalue weighted by atomic mass is 10.7. The second kappa shape index (κ2) is 7.72. The van der Waals surface area contributed by atoms with E-state index in [1.54, 1.807) is 0 Å². The van der Waals surface area contributed by atoms with E-state index in [0.29, 0.717) is 0 Å². The maximum absolute atomic E-state index is 9.67. The molecule has 0 atom stereocenters. The summed E-state index contributed by atoms with van der Waals surface area (Å²) in [7, 11) is 0. The van der Waals surface area contributed by atoms with Gasteiger partial charge in [-0.1, -0.05) is 0 Å². The van der Waals surface area contributed by atoms with Crippen LogP contribution in [0, 0.1) is 0 Å². The van der Waals surface area contributed by atoms with Gasteiger partial charge in [-0.2, -0.15) is 47.6 Å². The zero-order valence-corrected chi connectivity index (χ0v) is 5.69. The highest BCUT2D eigenvalue weighted by Gasteiger charge is 1.91. The Morgan fingerprint density at radius 1 is 1.00 bits per heavy atom. The van der Waals surface area contributed by atoms with E-state index in [-0.39, 0.29) is 0 Å². The minimum Gasteiger partial charge on any atom is -0.174 e. The van der Waals surface area contributed by atoms with Gasteiger partial charge in [0.15, 0.2) is 0 Å². The van der Waals surface area contributed by atoms with Crippen LogP contribution in [0.2, 0.25) is 0 Å². The highest BCUT2D eigenvalue weighted by molar-refractivity contribution is 7.54. The molecule has 0 spiro atoms. The third-order valence-corrected chi connectivity index (χ3v) is 0. The fourth-order valence-corrected chi connectivity index (χ4v) is 0. The van der Waals surface area contributed by atoms with Crippen molar-refractivity contribution >= 4 is 39.3 Å². The van der Waals surface area contributed by atoms with Crippen LogP contribution in [0.1, 0.15) is 0 Å². The monoisotopic (exact) mass is 186 g/mol. The van der Waals surface area contributed by atoms with E-state index in [1.807, 2.05) is 0 Å². The molecule has 7 heteroatoms. The standard InChI is InChI=1S/CHF3.BCl3/c2*2-1(3)4/h1H;. The third-order valence-electron chi connectivity index (χ3n) is 0. The average molecular weight is 187 g/mol. The second-order valence-corrected chi connectivity index (χ2v) is 2.47. The fraction of sp³-hybridized carbons (Fsp3) is 1.00. The van der Waals surface area contributed by atoms with Crippen LogP contribution in [0.3, 0.4) is 0 Å². The largest absolute Gasteiger partial charge is 0.450 e. The van der Waals surface area contributed by atoms with Crippen molar-refractivity contribution in [2.75, 3.05) is 0 Å². The number of alkyl halides is 3. The van der Waals surface area contributed by atoms with Crippen LogP contribution in [0.5, 0.6) is 0 Å². The van der Waals surface area contributed by atoms with Crippen LogP contribution in [-0.4, -0.2) is 11.6 Å². The summed E-state index contributed by atoms with van der Waals surface area (Å²) in [4.78, 5) is -0.750. The van der Waals surface area contributed by atoms with Crippen LogP contribution in [0.25, 0.3) is 0 Å². The lowest BCUT2D eigenvalue weighted by Crippen LogP contribution is -1.66. The number of rotatable bonds is 0. The summed E-state index contributed by atoms with van der Waals surface area (Å²) in [5.74, 6) is 0. The van der Waals surface area contributed by atoms with E-state index in [9.17, 15) is 13.2 Å². The van der Waals surface area contributed by atoms with Crippen molar-refractivity contribution < 1.29 is 13.2 Å². The highest BCUT2D eigenvalue weighted by atomic mass is 35.6. The zero-order valence-electron chi connectivity index (χ0n) is 3.42. The number of halogens is 6. The van der Waals surface area contributed by atoms with Crippen molar-refractivity contribution in [2.45, 2.75) is 6.68 Å². The van der Waals surface area contributed by atoms with E-state index in [2.05, 4.69) is 0 Å². The zero-order chi connectivity index (χ0) is 7.15. The molecule has 0 rings (SSSR count). The third kappa shape index (κ3) is 419. The van der Waals surface area contributed by atoms with Gasteiger partial charge in [0.2, 0.25) is 0 Å². The van der Waals surface area contributed by atoms with Gasteiger partial charge in [-0.15, -0.1) is 0 Å². The molecule has 0 saturated carbocycles. The first-order chi connectivity index (χ1) is 3.46. The van der Waals surface area contributed by atoms with Crippen LogP contribution in [-0.2, 0) is 0 Å². The maximum Gasteiger partial charge on any atom is 0.450 e. The molecule has 8 heavy (non-hydrogen) atoms. The minimum absolute atomic E-state index is 0.750. The van der Waals surface area contributed by atoms with E-state index >= 15 is 0 Å². The van der Waals surface area contributed by atoms with Crippen molar-refractivity contribution in [1.29, 1.82) is 0 Å². The van der Waals surface area contributed by atoms with Gasteiger partial charge in [0.1, 0.15) is 0 Å². The Kier molecular flexibility index (Phi) is 11.1. The second-order valence-electron chi connectivity index (χ2n) is 0.495. The lowest BCUT2D eigenvalue weighted by Gasteiger charge is -1.65. The summed E-state index contributed by atoms with van der Waals surface area (Å²) in [6.45, 7) is -3.67. The molecule has 0 bridgehead atoms. The molecular formula is CHBCl3F3. The van der Waals surface area contributed by atoms with Gasteiger partial charge in [0.05, 0.1) is 0 Å². The molecule has 0 nitrogen and oxygen atoms in total. The molecule has 0 saturated heterocycles. The van der Waals surface area contributed by atoms with Crippen molar-refractivity contribution in [3.05, 3.63) is 0 Å². The Hall–Kier alpha value is 0.725. The molecule has 0 heterocycles. The van der Waals surface area contributed by atoms with Gasteiger partial charge >= 0.3 is 11.6 Å². The first-order valence-corrected chi connectivity index (χ1v) is 2.62. The van der Waals surface area contributed by atoms with Gasteiger partial charge in [0, 0.05) is 0 Å². The van der Waals surface area contributed by atoms with E-state index in [0.717, 1.165) is 0 Å². The summed E-state index contributed by atoms with van der Waals surface area (Å²) < 4.78 is 29.0. The molecule has 50 valence electrons. The Morgan fingerprint density at radius 3 is 1.00 bits per heavy atom.